The standard InChI is InChI=1S/C26H30N4O4S/c31-25(32)21-6-4-19(5-7-21)23-18-30-26(27-23)35-24(28-30)20-8-10-22(11-9-20)34-15-3-1-2-12-29-13-16-33-17-14-29/h4-11,18,25,31-32H,1-3,12-17H2. The van der Waals surface area contributed by atoms with E-state index in [1.807, 2.05) is 42.6 Å². The number of hydrogen-bond donors (Lipinski definition) is 2. The number of ether oxygens (including phenoxy) is 2. The highest BCUT2D eigenvalue weighted by molar-refractivity contribution is 7.19. The van der Waals surface area contributed by atoms with E-state index in [0.717, 1.165) is 78.4 Å². The summed E-state index contributed by atoms with van der Waals surface area (Å²) in [4.78, 5) is 7.95. The van der Waals surface area contributed by atoms with E-state index in [2.05, 4.69) is 15.0 Å². The van der Waals surface area contributed by atoms with Crippen LogP contribution >= 0.6 is 11.3 Å². The summed E-state index contributed by atoms with van der Waals surface area (Å²) >= 11 is 1.53. The Labute approximate surface area is 208 Å². The van der Waals surface area contributed by atoms with E-state index in [9.17, 15) is 10.2 Å². The number of fused-ring (bicyclic) bond motifs is 1. The molecule has 0 aliphatic carbocycles. The van der Waals surface area contributed by atoms with Gasteiger partial charge in [0.2, 0.25) is 4.96 Å². The maximum Gasteiger partial charge on any atom is 0.213 e. The summed E-state index contributed by atoms with van der Waals surface area (Å²) < 4.78 is 13.1. The van der Waals surface area contributed by atoms with E-state index in [1.54, 1.807) is 16.6 Å². The second-order valence-electron chi connectivity index (χ2n) is 8.64. The largest absolute Gasteiger partial charge is 0.494 e. The monoisotopic (exact) mass is 494 g/mol. The van der Waals surface area contributed by atoms with Crippen LogP contribution in [0.4, 0.5) is 0 Å². The Bertz CT molecular complexity index is 1180. The highest BCUT2D eigenvalue weighted by Gasteiger charge is 2.12. The first-order valence-corrected chi connectivity index (χ1v) is 12.8. The Hall–Kier alpha value is -2.82. The average molecular weight is 495 g/mol. The molecule has 0 bridgehead atoms. The minimum absolute atomic E-state index is 0.450. The summed E-state index contributed by atoms with van der Waals surface area (Å²) in [5.41, 5.74) is 3.17. The number of nitrogens with zero attached hydrogens (tertiary/aromatic N) is 4. The number of aliphatic hydroxyl groups excluding tert-OH is 1. The minimum Gasteiger partial charge on any atom is -0.494 e. The first kappa shape index (κ1) is 23.9. The van der Waals surface area contributed by atoms with Crippen molar-refractivity contribution in [2.75, 3.05) is 39.5 Å². The number of morpholine rings is 1. The molecule has 5 rings (SSSR count). The molecule has 2 aromatic heterocycles. The fraction of sp³-hybridized carbons (Fsp3) is 0.385. The van der Waals surface area contributed by atoms with Crippen molar-refractivity contribution in [3.63, 3.8) is 0 Å². The van der Waals surface area contributed by atoms with Crippen molar-refractivity contribution in [2.24, 2.45) is 0 Å². The van der Waals surface area contributed by atoms with Crippen LogP contribution in [0.5, 0.6) is 5.75 Å². The summed E-state index contributed by atoms with van der Waals surface area (Å²) in [6.45, 7) is 5.72. The minimum atomic E-state index is -1.47. The maximum atomic E-state index is 9.25. The Kier molecular flexibility index (Phi) is 7.70. The molecule has 0 radical (unpaired) electrons. The lowest BCUT2D eigenvalue weighted by Crippen LogP contribution is -2.36. The van der Waals surface area contributed by atoms with Crippen LogP contribution in [-0.2, 0) is 4.74 Å². The molecule has 1 aliphatic heterocycles. The molecule has 0 saturated carbocycles. The van der Waals surface area contributed by atoms with Crippen molar-refractivity contribution in [3.05, 3.63) is 60.3 Å². The van der Waals surface area contributed by atoms with E-state index in [0.29, 0.717) is 5.56 Å². The normalized spacial score (nSPS) is 14.7. The number of unbranched alkanes of at least 4 members (excludes halogenated alkanes) is 2. The highest BCUT2D eigenvalue weighted by Crippen LogP contribution is 2.29. The summed E-state index contributed by atoms with van der Waals surface area (Å²) in [5.74, 6) is 0.877. The molecule has 8 nitrogen and oxygen atoms in total. The molecule has 35 heavy (non-hydrogen) atoms. The fourth-order valence-corrected chi connectivity index (χ4v) is 4.99. The third-order valence-corrected chi connectivity index (χ3v) is 7.11. The summed E-state index contributed by atoms with van der Waals surface area (Å²) in [7, 11) is 0. The van der Waals surface area contributed by atoms with Gasteiger partial charge in [-0.05, 0) is 50.1 Å². The number of imidazole rings is 1. The predicted molar refractivity (Wildman–Crippen MR) is 136 cm³/mol. The van der Waals surface area contributed by atoms with E-state index in [-0.39, 0.29) is 0 Å². The highest BCUT2D eigenvalue weighted by atomic mass is 32.1. The van der Waals surface area contributed by atoms with E-state index >= 15 is 0 Å². The molecule has 0 spiro atoms. The van der Waals surface area contributed by atoms with Gasteiger partial charge in [-0.15, -0.1) is 0 Å². The lowest BCUT2D eigenvalue weighted by Gasteiger charge is -2.26. The van der Waals surface area contributed by atoms with Gasteiger partial charge in [0.15, 0.2) is 6.29 Å². The summed E-state index contributed by atoms with van der Waals surface area (Å²) in [5, 5.41) is 24.1. The van der Waals surface area contributed by atoms with E-state index in [1.165, 1.54) is 24.2 Å². The summed E-state index contributed by atoms with van der Waals surface area (Å²) in [6, 6.07) is 15.1. The zero-order valence-electron chi connectivity index (χ0n) is 19.5. The number of aliphatic hydroxyl groups is 2. The van der Waals surface area contributed by atoms with Gasteiger partial charge in [-0.2, -0.15) is 5.10 Å². The van der Waals surface area contributed by atoms with E-state index in [4.69, 9.17) is 9.47 Å². The van der Waals surface area contributed by atoms with Crippen LogP contribution in [0.2, 0.25) is 0 Å². The molecule has 9 heteroatoms. The lowest BCUT2D eigenvalue weighted by atomic mass is 10.1. The first-order valence-electron chi connectivity index (χ1n) is 12.0. The van der Waals surface area contributed by atoms with Gasteiger partial charge in [-0.1, -0.05) is 35.6 Å². The fourth-order valence-electron chi connectivity index (χ4n) is 4.10. The molecule has 0 unspecified atom stereocenters. The molecule has 1 fully saturated rings. The van der Waals surface area contributed by atoms with Crippen LogP contribution in [0.1, 0.15) is 31.1 Å². The Morgan fingerprint density at radius 2 is 1.69 bits per heavy atom. The summed E-state index contributed by atoms with van der Waals surface area (Å²) in [6.07, 6.45) is 3.84. The molecule has 2 N–H and O–H groups in total. The molecular formula is C26H30N4O4S. The molecule has 0 atom stereocenters. The second-order valence-corrected chi connectivity index (χ2v) is 9.60. The van der Waals surface area contributed by atoms with Crippen molar-refractivity contribution >= 4 is 16.3 Å². The molecule has 4 aromatic rings. The Balaban J connectivity index is 1.11. The average Bonchev–Trinajstić information content (AvgIpc) is 3.47. The van der Waals surface area contributed by atoms with Gasteiger partial charge in [0.25, 0.3) is 0 Å². The van der Waals surface area contributed by atoms with Crippen LogP contribution in [-0.4, -0.2) is 69.2 Å². The van der Waals surface area contributed by atoms with Gasteiger partial charge in [0, 0.05) is 29.8 Å². The molecule has 2 aromatic carbocycles. The zero-order chi connectivity index (χ0) is 24.0. The molecule has 0 amide bonds. The third-order valence-electron chi connectivity index (χ3n) is 6.14. The first-order chi connectivity index (χ1) is 17.2. The van der Waals surface area contributed by atoms with Crippen LogP contribution in [0.3, 0.4) is 0 Å². The molecule has 1 aliphatic rings. The molecule has 184 valence electrons. The van der Waals surface area contributed by atoms with Crippen molar-refractivity contribution in [2.45, 2.75) is 25.6 Å². The molecular weight excluding hydrogens is 464 g/mol. The number of rotatable bonds is 10. The van der Waals surface area contributed by atoms with Crippen LogP contribution < -0.4 is 4.74 Å². The number of hydrogen-bond acceptors (Lipinski definition) is 8. The third kappa shape index (κ3) is 6.06. The smallest absolute Gasteiger partial charge is 0.213 e. The zero-order valence-corrected chi connectivity index (χ0v) is 20.4. The van der Waals surface area contributed by atoms with Crippen molar-refractivity contribution in [1.82, 2.24) is 19.5 Å². The van der Waals surface area contributed by atoms with Gasteiger partial charge in [-0.3, -0.25) is 4.90 Å². The predicted octanol–water partition coefficient (Wildman–Crippen LogP) is 3.99. The van der Waals surface area contributed by atoms with Gasteiger partial charge in [-0.25, -0.2) is 9.50 Å². The van der Waals surface area contributed by atoms with Crippen LogP contribution in [0, 0.1) is 0 Å². The van der Waals surface area contributed by atoms with Gasteiger partial charge in [0.05, 0.1) is 31.7 Å². The van der Waals surface area contributed by atoms with Gasteiger partial charge >= 0.3 is 0 Å². The van der Waals surface area contributed by atoms with Gasteiger partial charge < -0.3 is 19.7 Å². The topological polar surface area (TPSA) is 92.4 Å². The molecule has 1 saturated heterocycles. The Morgan fingerprint density at radius 3 is 2.40 bits per heavy atom. The quantitative estimate of drug-likeness (QED) is 0.254. The van der Waals surface area contributed by atoms with Crippen molar-refractivity contribution in [3.8, 4) is 27.6 Å². The van der Waals surface area contributed by atoms with Crippen molar-refractivity contribution in [1.29, 1.82) is 0 Å². The maximum absolute atomic E-state index is 9.25. The number of benzene rings is 2. The van der Waals surface area contributed by atoms with Gasteiger partial charge in [0.1, 0.15) is 10.8 Å². The van der Waals surface area contributed by atoms with Crippen molar-refractivity contribution < 1.29 is 19.7 Å². The van der Waals surface area contributed by atoms with E-state index < -0.39 is 6.29 Å². The number of aromatic nitrogens is 3. The molecule has 3 heterocycles. The Morgan fingerprint density at radius 1 is 0.943 bits per heavy atom. The SMILES string of the molecule is OC(O)c1ccc(-c2cn3nc(-c4ccc(OCCCCCN5CCOCC5)cc4)sc3n2)cc1. The lowest BCUT2D eigenvalue weighted by molar-refractivity contribution is -0.0424. The second kappa shape index (κ2) is 11.3. The van der Waals surface area contributed by atoms with Crippen LogP contribution in [0.15, 0.2) is 54.7 Å². The van der Waals surface area contributed by atoms with Crippen LogP contribution in [0.25, 0.3) is 26.8 Å².